The molecule has 0 atom stereocenters. The van der Waals surface area contributed by atoms with Gasteiger partial charge in [-0.25, -0.2) is 9.82 Å². The van der Waals surface area contributed by atoms with Gasteiger partial charge in [-0.05, 0) is 65.7 Å². The number of hydrogen-bond donors (Lipinski definition) is 1. The second-order valence-electron chi connectivity index (χ2n) is 6.25. The van der Waals surface area contributed by atoms with E-state index in [1.165, 1.54) is 25.5 Å². The number of rotatable bonds is 8. The summed E-state index contributed by atoms with van der Waals surface area (Å²) in [5.41, 5.74) is 4.50. The number of nitrogens with zero attached hydrogens (tertiary/aromatic N) is 1. The third-order valence-electron chi connectivity index (χ3n) is 4.23. The number of hydrazone groups is 1. The predicted octanol–water partition coefficient (Wildman–Crippen LogP) is 4.19. The van der Waals surface area contributed by atoms with Gasteiger partial charge in [-0.15, -0.1) is 0 Å². The number of carbonyl (C=O) groups excluding carboxylic acids is 1. The summed E-state index contributed by atoms with van der Waals surface area (Å²) in [5, 5.41) is 3.98. The van der Waals surface area contributed by atoms with E-state index < -0.39 is 0 Å². The van der Waals surface area contributed by atoms with Crippen LogP contribution in [0, 0.1) is 5.82 Å². The Hall–Kier alpha value is -3.87. The average molecular weight is 408 g/mol. The predicted molar refractivity (Wildman–Crippen MR) is 112 cm³/mol. The summed E-state index contributed by atoms with van der Waals surface area (Å²) in [6.45, 7) is 0.280. The summed E-state index contributed by atoms with van der Waals surface area (Å²) in [5.74, 6) is 1.10. The van der Waals surface area contributed by atoms with E-state index in [1.54, 1.807) is 61.7 Å². The fraction of sp³-hybridized carbons (Fsp3) is 0.130. The first-order valence-corrected chi connectivity index (χ1v) is 9.12. The van der Waals surface area contributed by atoms with Gasteiger partial charge in [0.2, 0.25) is 0 Å². The maximum Gasteiger partial charge on any atom is 0.271 e. The Morgan fingerprint density at radius 1 is 0.967 bits per heavy atom. The van der Waals surface area contributed by atoms with Crippen molar-refractivity contribution >= 4 is 12.1 Å². The molecule has 0 radical (unpaired) electrons. The van der Waals surface area contributed by atoms with Gasteiger partial charge >= 0.3 is 0 Å². The number of amides is 1. The van der Waals surface area contributed by atoms with Gasteiger partial charge in [-0.3, -0.25) is 4.79 Å². The molecular weight excluding hydrogens is 387 g/mol. The summed E-state index contributed by atoms with van der Waals surface area (Å²) in [7, 11) is 3.10. The zero-order valence-electron chi connectivity index (χ0n) is 16.6. The van der Waals surface area contributed by atoms with Crippen LogP contribution in [0.2, 0.25) is 0 Å². The van der Waals surface area contributed by atoms with Crippen molar-refractivity contribution in [2.75, 3.05) is 14.2 Å². The average Bonchev–Trinajstić information content (AvgIpc) is 2.79. The monoisotopic (exact) mass is 408 g/mol. The SMILES string of the molecule is COc1ccc(C(=O)N/N=C/c2ccc(OCc3ccc(F)cc3)c(OC)c2)cc1. The molecular formula is C23H21FN2O4. The van der Waals surface area contributed by atoms with E-state index in [-0.39, 0.29) is 18.3 Å². The molecule has 0 spiro atoms. The second kappa shape index (κ2) is 10.1. The molecule has 30 heavy (non-hydrogen) atoms. The minimum absolute atomic E-state index is 0.280. The molecule has 0 saturated carbocycles. The quantitative estimate of drug-likeness (QED) is 0.448. The first-order chi connectivity index (χ1) is 14.6. The zero-order valence-corrected chi connectivity index (χ0v) is 16.6. The first-order valence-electron chi connectivity index (χ1n) is 9.12. The topological polar surface area (TPSA) is 69.2 Å². The number of benzene rings is 3. The normalized spacial score (nSPS) is 10.6. The van der Waals surface area contributed by atoms with Crippen LogP contribution in [0.5, 0.6) is 17.2 Å². The van der Waals surface area contributed by atoms with Crippen LogP contribution >= 0.6 is 0 Å². The van der Waals surface area contributed by atoms with E-state index in [2.05, 4.69) is 10.5 Å². The van der Waals surface area contributed by atoms with Gasteiger partial charge in [-0.1, -0.05) is 12.1 Å². The van der Waals surface area contributed by atoms with Crippen LogP contribution in [0.15, 0.2) is 71.8 Å². The van der Waals surface area contributed by atoms with E-state index in [0.29, 0.717) is 22.8 Å². The highest BCUT2D eigenvalue weighted by molar-refractivity contribution is 5.95. The molecule has 6 nitrogen and oxygen atoms in total. The molecule has 154 valence electrons. The number of carbonyl (C=O) groups is 1. The Bertz CT molecular complexity index is 1020. The van der Waals surface area contributed by atoms with Crippen LogP contribution < -0.4 is 19.6 Å². The molecule has 3 aromatic rings. The maximum absolute atomic E-state index is 13.0. The van der Waals surface area contributed by atoms with E-state index in [4.69, 9.17) is 14.2 Å². The van der Waals surface area contributed by atoms with Gasteiger partial charge in [-0.2, -0.15) is 5.10 Å². The van der Waals surface area contributed by atoms with Crippen molar-refractivity contribution in [3.05, 3.63) is 89.2 Å². The lowest BCUT2D eigenvalue weighted by Crippen LogP contribution is -2.17. The van der Waals surface area contributed by atoms with Gasteiger partial charge in [0.05, 0.1) is 20.4 Å². The zero-order chi connectivity index (χ0) is 21.3. The summed E-state index contributed by atoms with van der Waals surface area (Å²) in [4.78, 5) is 12.1. The highest BCUT2D eigenvalue weighted by atomic mass is 19.1. The molecule has 0 aromatic heterocycles. The molecule has 7 heteroatoms. The van der Waals surface area contributed by atoms with Crippen LogP contribution in [0.25, 0.3) is 0 Å². The lowest BCUT2D eigenvalue weighted by Gasteiger charge is -2.11. The van der Waals surface area contributed by atoms with Crippen LogP contribution in [0.1, 0.15) is 21.5 Å². The Balaban J connectivity index is 1.60. The Morgan fingerprint density at radius 2 is 1.70 bits per heavy atom. The van der Waals surface area contributed by atoms with Crippen molar-refractivity contribution in [2.24, 2.45) is 5.10 Å². The summed E-state index contributed by atoms with van der Waals surface area (Å²) >= 11 is 0. The van der Waals surface area contributed by atoms with Crippen molar-refractivity contribution in [1.82, 2.24) is 5.43 Å². The number of methoxy groups -OCH3 is 2. The van der Waals surface area contributed by atoms with E-state index in [1.807, 2.05) is 0 Å². The highest BCUT2D eigenvalue weighted by Gasteiger charge is 2.07. The van der Waals surface area contributed by atoms with Crippen molar-refractivity contribution < 1.29 is 23.4 Å². The minimum Gasteiger partial charge on any atom is -0.497 e. The molecule has 0 aliphatic rings. The number of ether oxygens (including phenoxy) is 3. The van der Waals surface area contributed by atoms with Crippen molar-refractivity contribution in [3.8, 4) is 17.2 Å². The fourth-order valence-corrected chi connectivity index (χ4v) is 2.60. The van der Waals surface area contributed by atoms with E-state index in [0.717, 1.165) is 11.1 Å². The first kappa shape index (κ1) is 20.9. The molecule has 0 heterocycles. The Morgan fingerprint density at radius 3 is 2.37 bits per heavy atom. The number of nitrogens with one attached hydrogen (secondary N) is 1. The number of hydrogen-bond acceptors (Lipinski definition) is 5. The third-order valence-corrected chi connectivity index (χ3v) is 4.23. The molecule has 0 unspecified atom stereocenters. The van der Waals surface area contributed by atoms with Crippen LogP contribution in [0.3, 0.4) is 0 Å². The second-order valence-corrected chi connectivity index (χ2v) is 6.25. The number of halogens is 1. The van der Waals surface area contributed by atoms with Gasteiger partial charge in [0.25, 0.3) is 5.91 Å². The van der Waals surface area contributed by atoms with Gasteiger partial charge in [0, 0.05) is 5.56 Å². The molecule has 0 bridgehead atoms. The van der Waals surface area contributed by atoms with Gasteiger partial charge in [0.15, 0.2) is 11.5 Å². The van der Waals surface area contributed by atoms with E-state index >= 15 is 0 Å². The largest absolute Gasteiger partial charge is 0.497 e. The Labute approximate surface area is 173 Å². The maximum atomic E-state index is 13.0. The smallest absolute Gasteiger partial charge is 0.271 e. The summed E-state index contributed by atoms with van der Waals surface area (Å²) in [6, 6.07) is 18.1. The third kappa shape index (κ3) is 5.57. The molecule has 0 fully saturated rings. The van der Waals surface area contributed by atoms with Gasteiger partial charge < -0.3 is 14.2 Å². The lowest BCUT2D eigenvalue weighted by molar-refractivity contribution is 0.0955. The molecule has 1 N–H and O–H groups in total. The molecule has 0 saturated heterocycles. The van der Waals surface area contributed by atoms with Gasteiger partial charge in [0.1, 0.15) is 18.2 Å². The van der Waals surface area contributed by atoms with Crippen molar-refractivity contribution in [2.45, 2.75) is 6.61 Å². The summed E-state index contributed by atoms with van der Waals surface area (Å²) < 4.78 is 29.2. The minimum atomic E-state index is -0.333. The van der Waals surface area contributed by atoms with Crippen molar-refractivity contribution in [3.63, 3.8) is 0 Å². The Kier molecular flexibility index (Phi) is 7.00. The molecule has 0 aliphatic carbocycles. The summed E-state index contributed by atoms with van der Waals surface area (Å²) in [6.07, 6.45) is 1.51. The molecule has 0 aliphatic heterocycles. The highest BCUT2D eigenvalue weighted by Crippen LogP contribution is 2.28. The molecule has 1 amide bonds. The van der Waals surface area contributed by atoms with E-state index in [9.17, 15) is 9.18 Å². The van der Waals surface area contributed by atoms with Crippen molar-refractivity contribution in [1.29, 1.82) is 0 Å². The van der Waals surface area contributed by atoms with Crippen LogP contribution in [-0.2, 0) is 6.61 Å². The molecule has 3 aromatic carbocycles. The van der Waals surface area contributed by atoms with Crippen LogP contribution in [-0.4, -0.2) is 26.3 Å². The molecule has 3 rings (SSSR count). The standard InChI is InChI=1S/C23H21FN2O4/c1-28-20-10-6-18(7-11-20)23(27)26-25-14-17-5-12-21(22(13-17)29-2)30-15-16-3-8-19(24)9-4-16/h3-14H,15H2,1-2H3,(H,26,27)/b25-14+. The lowest BCUT2D eigenvalue weighted by atomic mass is 10.2. The van der Waals surface area contributed by atoms with Crippen LogP contribution in [0.4, 0.5) is 4.39 Å². The fourth-order valence-electron chi connectivity index (χ4n) is 2.60.